The van der Waals surface area contributed by atoms with Crippen molar-refractivity contribution in [2.24, 2.45) is 0 Å². The molecule has 296 valence electrons. The molecule has 0 spiro atoms. The highest BCUT2D eigenvalue weighted by Gasteiger charge is 2.62. The van der Waals surface area contributed by atoms with Crippen LogP contribution in [0, 0.1) is 0 Å². The lowest BCUT2D eigenvalue weighted by molar-refractivity contribution is 0.392. The highest BCUT2D eigenvalue weighted by Crippen LogP contribution is 2.49. The van der Waals surface area contributed by atoms with E-state index in [1.807, 2.05) is 12.1 Å². The Hall–Kier alpha value is -5.09. The molecule has 0 heterocycles. The molecule has 0 saturated carbocycles. The van der Waals surface area contributed by atoms with Gasteiger partial charge in [0.1, 0.15) is 23.0 Å². The second kappa shape index (κ2) is 18.0. The normalized spacial score (nSPS) is 12.2. The van der Waals surface area contributed by atoms with Crippen molar-refractivity contribution >= 4 is 37.4 Å². The maximum absolute atomic E-state index is 8.84. The van der Waals surface area contributed by atoms with Gasteiger partial charge in [-0.2, -0.15) is 0 Å². The van der Waals surface area contributed by atoms with E-state index in [1.165, 1.54) is 31.9 Å². The van der Waals surface area contributed by atoms with Gasteiger partial charge in [-0.25, -0.2) is 0 Å². The van der Waals surface area contributed by atoms with Crippen molar-refractivity contribution in [3.05, 3.63) is 169 Å². The largest absolute Gasteiger partial charge is 0.497 e. The average molecular weight is 795 g/mol. The molecule has 0 aliphatic rings. The Balaban J connectivity index is 1.61. The van der Waals surface area contributed by atoms with Crippen LogP contribution >= 0.6 is 0 Å². The Morgan fingerprint density at radius 3 is 0.842 bits per heavy atom. The van der Waals surface area contributed by atoms with E-state index < -0.39 is 16.6 Å². The second-order valence-corrected chi connectivity index (χ2v) is 24.7. The van der Waals surface area contributed by atoms with Crippen molar-refractivity contribution < 1.29 is 23.1 Å². The molecule has 7 heteroatoms. The minimum Gasteiger partial charge on any atom is -0.497 e. The van der Waals surface area contributed by atoms with Crippen molar-refractivity contribution in [1.82, 2.24) is 0 Å². The van der Waals surface area contributed by atoms with E-state index in [2.05, 4.69) is 173 Å². The summed E-state index contributed by atoms with van der Waals surface area (Å²) >= 11 is 0. The lowest BCUT2D eigenvalue weighted by atomic mass is 10.0. The van der Waals surface area contributed by atoms with Crippen LogP contribution < -0.4 is 39.7 Å². The van der Waals surface area contributed by atoms with Crippen molar-refractivity contribution in [3.8, 4) is 23.0 Å². The molecular weight excluding hydrogens is 737 g/mol. The molecule has 0 aliphatic heterocycles. The highest BCUT2D eigenvalue weighted by atomic mass is 28.4. The minimum atomic E-state index is -3.26. The first-order valence-electron chi connectivity index (χ1n) is 19.9. The molecule has 0 unspecified atom stereocenters. The van der Waals surface area contributed by atoms with Crippen LogP contribution in [0.1, 0.15) is 51.7 Å². The van der Waals surface area contributed by atoms with E-state index in [4.69, 9.17) is 23.1 Å². The van der Waals surface area contributed by atoms with Crippen LogP contribution in [0.5, 0.6) is 23.0 Å². The predicted octanol–water partition coefficient (Wildman–Crippen LogP) is 9.38. The lowest BCUT2D eigenvalue weighted by Gasteiger charge is -2.55. The quantitative estimate of drug-likeness (QED) is 0.0813. The van der Waals surface area contributed by atoms with Crippen LogP contribution in [0.3, 0.4) is 0 Å². The van der Waals surface area contributed by atoms with Gasteiger partial charge in [-0.15, -0.1) is 0 Å². The number of hydrogen-bond acceptors (Lipinski definition) is 5. The SMILES string of the molecule is COc1cc(CCC(C)(C)[Si](O[Si](c2ccccc2)(c2ccccc2)C(C)(C)CCc2cc(OC)cc(OC)c2)(c2ccccc2)c2ccccc2)cc(OC)c1. The number of aryl methyl sites for hydroxylation is 2. The first kappa shape index (κ1) is 41.5. The summed E-state index contributed by atoms with van der Waals surface area (Å²) in [6, 6.07) is 56.9. The summed E-state index contributed by atoms with van der Waals surface area (Å²) in [4.78, 5) is 0. The number of ether oxygens (including phenoxy) is 4. The van der Waals surface area contributed by atoms with Gasteiger partial charge in [0.25, 0.3) is 16.6 Å². The molecule has 0 N–H and O–H groups in total. The van der Waals surface area contributed by atoms with E-state index in [9.17, 15) is 0 Å². The predicted molar refractivity (Wildman–Crippen MR) is 241 cm³/mol. The summed E-state index contributed by atoms with van der Waals surface area (Å²) in [5.74, 6) is 3.18. The third-order valence-corrected chi connectivity index (χ3v) is 23.2. The van der Waals surface area contributed by atoms with Crippen molar-refractivity contribution in [1.29, 1.82) is 0 Å². The fourth-order valence-electron chi connectivity index (χ4n) is 8.62. The monoisotopic (exact) mass is 794 g/mol. The standard InChI is InChI=1S/C50H58O5Si2/c1-49(2,31-29-39-33-41(51-5)37-42(34-39)52-6)56(45-21-13-9-14-22-45,46-23-15-10-16-24-46)55-57(47-25-17-11-18-26-47,48-27-19-12-20-28-48)50(3,4)32-30-40-35-43(53-7)38-44(36-40)54-8/h9-28,33-38H,29-32H2,1-8H3. The number of benzene rings is 6. The van der Waals surface area contributed by atoms with Gasteiger partial charge in [0.15, 0.2) is 0 Å². The van der Waals surface area contributed by atoms with Crippen molar-refractivity contribution in [2.45, 2.75) is 63.5 Å². The Labute approximate surface area is 342 Å². The zero-order valence-electron chi connectivity index (χ0n) is 34.9. The third kappa shape index (κ3) is 8.61. The van der Waals surface area contributed by atoms with E-state index >= 15 is 0 Å². The number of hydrogen-bond donors (Lipinski definition) is 0. The van der Waals surface area contributed by atoms with E-state index in [-0.39, 0.29) is 10.1 Å². The summed E-state index contributed by atoms with van der Waals surface area (Å²) in [6.45, 7) is 9.78. The van der Waals surface area contributed by atoms with Gasteiger partial charge in [0, 0.05) is 12.1 Å². The Morgan fingerprint density at radius 2 is 0.614 bits per heavy atom. The average Bonchev–Trinajstić information content (AvgIpc) is 3.26. The third-order valence-electron chi connectivity index (χ3n) is 11.8. The van der Waals surface area contributed by atoms with Crippen LogP contribution in [0.15, 0.2) is 158 Å². The maximum Gasteiger partial charge on any atom is 0.251 e. The smallest absolute Gasteiger partial charge is 0.251 e. The van der Waals surface area contributed by atoms with Gasteiger partial charge < -0.3 is 23.1 Å². The molecule has 0 aromatic heterocycles. The molecule has 57 heavy (non-hydrogen) atoms. The fourth-order valence-corrected chi connectivity index (χ4v) is 21.9. The molecule has 0 saturated heterocycles. The van der Waals surface area contributed by atoms with Crippen molar-refractivity contribution in [3.63, 3.8) is 0 Å². The number of rotatable bonds is 18. The van der Waals surface area contributed by atoms with Gasteiger partial charge in [-0.1, -0.05) is 149 Å². The Kier molecular flexibility index (Phi) is 13.1. The van der Waals surface area contributed by atoms with Crippen LogP contribution in [-0.2, 0) is 17.0 Å². The topological polar surface area (TPSA) is 46.2 Å². The summed E-state index contributed by atoms with van der Waals surface area (Å²) in [5.41, 5.74) is 2.35. The minimum absolute atomic E-state index is 0.315. The maximum atomic E-state index is 8.84. The molecule has 0 bridgehead atoms. The van der Waals surface area contributed by atoms with Crippen LogP contribution in [0.2, 0.25) is 10.1 Å². The molecular formula is C50H58O5Si2. The van der Waals surface area contributed by atoms with Crippen LogP contribution in [0.25, 0.3) is 0 Å². The van der Waals surface area contributed by atoms with Gasteiger partial charge in [-0.3, -0.25) is 0 Å². The molecule has 5 nitrogen and oxygen atoms in total. The fraction of sp³-hybridized carbons (Fsp3) is 0.280. The first-order valence-corrected chi connectivity index (χ1v) is 23.7. The molecule has 0 aliphatic carbocycles. The van der Waals surface area contributed by atoms with E-state index in [0.717, 1.165) is 48.7 Å². The molecule has 0 atom stereocenters. The summed E-state index contributed by atoms with van der Waals surface area (Å²) < 4.78 is 31.7. The molecule has 0 amide bonds. The van der Waals surface area contributed by atoms with Gasteiger partial charge >= 0.3 is 0 Å². The van der Waals surface area contributed by atoms with Gasteiger partial charge in [-0.05, 0) is 91.9 Å². The van der Waals surface area contributed by atoms with Gasteiger partial charge in [0.05, 0.1) is 28.4 Å². The summed E-state index contributed by atoms with van der Waals surface area (Å²) in [7, 11) is 0.321. The van der Waals surface area contributed by atoms with Crippen LogP contribution in [0.4, 0.5) is 0 Å². The summed E-state index contributed by atoms with van der Waals surface area (Å²) in [6.07, 6.45) is 3.39. The summed E-state index contributed by atoms with van der Waals surface area (Å²) in [5, 5.41) is 4.43. The van der Waals surface area contributed by atoms with E-state index in [1.54, 1.807) is 28.4 Å². The first-order chi connectivity index (χ1) is 27.5. The molecule has 0 fully saturated rings. The molecule has 6 aromatic carbocycles. The zero-order valence-corrected chi connectivity index (χ0v) is 36.9. The molecule has 6 aromatic rings. The lowest BCUT2D eigenvalue weighted by Crippen LogP contribution is -2.78. The Morgan fingerprint density at radius 1 is 0.368 bits per heavy atom. The molecule has 6 rings (SSSR count). The zero-order chi connectivity index (χ0) is 40.5. The van der Waals surface area contributed by atoms with Crippen molar-refractivity contribution in [2.75, 3.05) is 28.4 Å². The van der Waals surface area contributed by atoms with E-state index in [0.29, 0.717) is 0 Å². The highest BCUT2D eigenvalue weighted by molar-refractivity contribution is 7.11. The Bertz CT molecular complexity index is 1890. The van der Waals surface area contributed by atoms with Gasteiger partial charge in [0.2, 0.25) is 0 Å². The molecule has 0 radical (unpaired) electrons. The van der Waals surface area contributed by atoms with Crippen LogP contribution in [-0.4, -0.2) is 45.1 Å². The second-order valence-electron chi connectivity index (χ2n) is 16.1. The number of methoxy groups -OCH3 is 4.